The van der Waals surface area contributed by atoms with Crippen LogP contribution in [0.5, 0.6) is 0 Å². The van der Waals surface area contributed by atoms with Gasteiger partial charge in [-0.2, -0.15) is 0 Å². The molecule has 5 heteroatoms. The predicted molar refractivity (Wildman–Crippen MR) is 88.3 cm³/mol. The van der Waals surface area contributed by atoms with Gasteiger partial charge >= 0.3 is 5.69 Å². The van der Waals surface area contributed by atoms with Crippen molar-refractivity contribution in [2.24, 2.45) is 14.1 Å². The van der Waals surface area contributed by atoms with Crippen LogP contribution >= 0.6 is 0 Å². The average molecular weight is 297 g/mol. The summed E-state index contributed by atoms with van der Waals surface area (Å²) in [5, 5.41) is 0.593. The fourth-order valence-electron chi connectivity index (χ4n) is 2.86. The summed E-state index contributed by atoms with van der Waals surface area (Å²) < 4.78 is 4.72. The zero-order valence-electron chi connectivity index (χ0n) is 13.3. The van der Waals surface area contributed by atoms with Crippen molar-refractivity contribution in [1.29, 1.82) is 0 Å². The summed E-state index contributed by atoms with van der Waals surface area (Å²) in [5.74, 6) is 0. The van der Waals surface area contributed by atoms with Gasteiger partial charge in [-0.1, -0.05) is 29.8 Å². The number of hydrogen-bond acceptors (Lipinski definition) is 2. The lowest BCUT2D eigenvalue weighted by atomic mass is 10.1. The van der Waals surface area contributed by atoms with E-state index < -0.39 is 0 Å². The fourth-order valence-corrected chi connectivity index (χ4v) is 2.86. The van der Waals surface area contributed by atoms with Crippen molar-refractivity contribution in [3.8, 4) is 11.3 Å². The van der Waals surface area contributed by atoms with Crippen molar-refractivity contribution < 1.29 is 0 Å². The Kier molecular flexibility index (Phi) is 3.28. The van der Waals surface area contributed by atoms with Crippen LogP contribution < -0.4 is 11.2 Å². The molecule has 0 fully saturated rings. The summed E-state index contributed by atoms with van der Waals surface area (Å²) in [7, 11) is 3.22. The lowest BCUT2D eigenvalue weighted by molar-refractivity contribution is 0.714. The molecule has 5 nitrogen and oxygen atoms in total. The van der Waals surface area contributed by atoms with Gasteiger partial charge in [0.15, 0.2) is 0 Å². The molecule has 0 aliphatic carbocycles. The van der Waals surface area contributed by atoms with Crippen molar-refractivity contribution in [2.45, 2.75) is 20.4 Å². The van der Waals surface area contributed by atoms with Gasteiger partial charge in [0.2, 0.25) is 0 Å². The van der Waals surface area contributed by atoms with E-state index in [1.807, 2.05) is 48.9 Å². The Balaban J connectivity index is 2.51. The third kappa shape index (κ3) is 1.93. The third-order valence-corrected chi connectivity index (χ3v) is 4.18. The zero-order valence-corrected chi connectivity index (χ0v) is 13.3. The molecule has 0 atom stereocenters. The highest BCUT2D eigenvalue weighted by atomic mass is 16.2. The van der Waals surface area contributed by atoms with Gasteiger partial charge in [0.25, 0.3) is 5.56 Å². The second kappa shape index (κ2) is 5.02. The predicted octanol–water partition coefficient (Wildman–Crippen LogP) is 2.03. The summed E-state index contributed by atoms with van der Waals surface area (Å²) in [6.07, 6.45) is 1.88. The van der Waals surface area contributed by atoms with Crippen LogP contribution in [0.15, 0.2) is 40.1 Å². The largest absolute Gasteiger partial charge is 0.345 e. The van der Waals surface area contributed by atoms with E-state index in [0.29, 0.717) is 10.9 Å². The number of rotatable bonds is 2. The summed E-state index contributed by atoms with van der Waals surface area (Å²) in [4.78, 5) is 24.7. The quantitative estimate of drug-likeness (QED) is 0.727. The molecule has 0 saturated carbocycles. The highest BCUT2D eigenvalue weighted by molar-refractivity contribution is 5.93. The first kappa shape index (κ1) is 14.4. The molecule has 2 heterocycles. The number of fused-ring (bicyclic) bond motifs is 1. The monoisotopic (exact) mass is 297 g/mol. The van der Waals surface area contributed by atoms with Crippen LogP contribution in [0.3, 0.4) is 0 Å². The van der Waals surface area contributed by atoms with Gasteiger partial charge in [0.05, 0.1) is 16.6 Å². The summed E-state index contributed by atoms with van der Waals surface area (Å²) >= 11 is 0. The number of aryl methyl sites for hydroxylation is 3. The minimum atomic E-state index is -0.304. The topological polar surface area (TPSA) is 48.9 Å². The smallest absolute Gasteiger partial charge is 0.330 e. The maximum atomic E-state index is 12.6. The minimum absolute atomic E-state index is 0.249. The maximum Gasteiger partial charge on any atom is 0.330 e. The molecular formula is C17H19N3O2. The lowest BCUT2D eigenvalue weighted by Gasteiger charge is -2.08. The fraction of sp³-hybridized carbons (Fsp3) is 0.294. The molecule has 0 spiro atoms. The molecule has 1 aromatic carbocycles. The minimum Gasteiger partial charge on any atom is -0.345 e. The van der Waals surface area contributed by atoms with Crippen LogP contribution in [0.1, 0.15) is 12.5 Å². The Morgan fingerprint density at radius 1 is 1.00 bits per heavy atom. The number of hydrogen-bond donors (Lipinski definition) is 0. The van der Waals surface area contributed by atoms with E-state index >= 15 is 0 Å². The zero-order chi connectivity index (χ0) is 16.0. The van der Waals surface area contributed by atoms with Crippen LogP contribution in [0.2, 0.25) is 0 Å². The van der Waals surface area contributed by atoms with Gasteiger partial charge < -0.3 is 4.57 Å². The van der Waals surface area contributed by atoms with E-state index in [9.17, 15) is 9.59 Å². The Morgan fingerprint density at radius 2 is 1.64 bits per heavy atom. The van der Waals surface area contributed by atoms with Crippen molar-refractivity contribution in [1.82, 2.24) is 13.7 Å². The van der Waals surface area contributed by atoms with E-state index in [2.05, 4.69) is 0 Å². The van der Waals surface area contributed by atoms with E-state index in [1.54, 1.807) is 7.05 Å². The Bertz CT molecular complexity index is 972. The molecule has 3 rings (SSSR count). The van der Waals surface area contributed by atoms with E-state index in [0.717, 1.165) is 17.8 Å². The Labute approximate surface area is 128 Å². The molecule has 114 valence electrons. The highest BCUT2D eigenvalue weighted by Gasteiger charge is 2.18. The summed E-state index contributed by atoms with van der Waals surface area (Å²) in [5.41, 5.74) is 3.14. The highest BCUT2D eigenvalue weighted by Crippen LogP contribution is 2.28. The number of nitrogens with zero attached hydrogens (tertiary/aromatic N) is 3. The van der Waals surface area contributed by atoms with Gasteiger partial charge in [0.1, 0.15) is 0 Å². The molecule has 22 heavy (non-hydrogen) atoms. The van der Waals surface area contributed by atoms with Crippen molar-refractivity contribution in [3.05, 3.63) is 56.9 Å². The van der Waals surface area contributed by atoms with Crippen molar-refractivity contribution in [3.63, 3.8) is 0 Å². The van der Waals surface area contributed by atoms with Crippen LogP contribution in [-0.4, -0.2) is 13.7 Å². The van der Waals surface area contributed by atoms with Gasteiger partial charge in [-0.3, -0.25) is 13.9 Å². The molecule has 0 radical (unpaired) electrons. The first-order chi connectivity index (χ1) is 10.5. The Hall–Kier alpha value is -2.56. The third-order valence-electron chi connectivity index (χ3n) is 4.18. The van der Waals surface area contributed by atoms with Gasteiger partial charge in [-0.15, -0.1) is 0 Å². The van der Waals surface area contributed by atoms with Crippen molar-refractivity contribution in [2.75, 3.05) is 0 Å². The van der Waals surface area contributed by atoms with Crippen LogP contribution in [0.25, 0.3) is 22.2 Å². The average Bonchev–Trinajstić information content (AvgIpc) is 2.91. The van der Waals surface area contributed by atoms with E-state index in [1.165, 1.54) is 21.7 Å². The van der Waals surface area contributed by atoms with Gasteiger partial charge in [-0.05, 0) is 19.4 Å². The molecule has 3 aromatic rings. The summed E-state index contributed by atoms with van der Waals surface area (Å²) in [6.45, 7) is 4.79. The second-order valence-corrected chi connectivity index (χ2v) is 5.60. The van der Waals surface area contributed by atoms with Crippen molar-refractivity contribution >= 4 is 10.9 Å². The van der Waals surface area contributed by atoms with E-state index in [-0.39, 0.29) is 11.2 Å². The molecule has 0 saturated heterocycles. The molecule has 0 unspecified atom stereocenters. The molecule has 0 bridgehead atoms. The second-order valence-electron chi connectivity index (χ2n) is 5.60. The first-order valence-corrected chi connectivity index (χ1v) is 7.31. The first-order valence-electron chi connectivity index (χ1n) is 7.31. The summed E-state index contributed by atoms with van der Waals surface area (Å²) in [6, 6.07) is 8.09. The molecule has 0 aliphatic rings. The maximum absolute atomic E-state index is 12.6. The molecular weight excluding hydrogens is 278 g/mol. The Morgan fingerprint density at radius 3 is 2.23 bits per heavy atom. The van der Waals surface area contributed by atoms with Gasteiger partial charge in [0, 0.05) is 26.8 Å². The van der Waals surface area contributed by atoms with Gasteiger partial charge in [-0.25, -0.2) is 4.79 Å². The standard InChI is InChI=1S/C17H19N3O2/c1-5-20-10-13-14(16(21)19(4)17(22)18(13)3)15(20)12-8-6-11(2)7-9-12/h6-10H,5H2,1-4H3. The van der Waals surface area contributed by atoms with E-state index in [4.69, 9.17) is 0 Å². The lowest BCUT2D eigenvalue weighted by Crippen LogP contribution is -2.36. The van der Waals surface area contributed by atoms with Crippen LogP contribution in [0.4, 0.5) is 0 Å². The molecule has 0 amide bonds. The molecule has 2 aromatic heterocycles. The number of benzene rings is 1. The number of aromatic nitrogens is 3. The molecule has 0 aliphatic heterocycles. The normalized spacial score (nSPS) is 11.3. The SMILES string of the molecule is CCn1cc2c(c1-c1ccc(C)cc1)c(=O)n(C)c(=O)n2C. The van der Waals surface area contributed by atoms with Crippen LogP contribution in [-0.2, 0) is 20.6 Å². The molecule has 0 N–H and O–H groups in total. The van der Waals surface area contributed by atoms with Crippen LogP contribution in [0, 0.1) is 6.92 Å².